The summed E-state index contributed by atoms with van der Waals surface area (Å²) in [5, 5.41) is 0. The maximum atomic E-state index is 11.9. The molecule has 6 heteroatoms. The third kappa shape index (κ3) is 5.03. The Labute approximate surface area is 119 Å². The zero-order valence-corrected chi connectivity index (χ0v) is 12.3. The van der Waals surface area contributed by atoms with Crippen molar-refractivity contribution in [2.45, 2.75) is 24.7 Å². The van der Waals surface area contributed by atoms with Crippen LogP contribution in [0.15, 0.2) is 29.2 Å². The van der Waals surface area contributed by atoms with Crippen LogP contribution in [0.5, 0.6) is 0 Å². The van der Waals surface area contributed by atoms with Gasteiger partial charge in [-0.2, -0.15) is 0 Å². The minimum absolute atomic E-state index is 0.121. The number of benzene rings is 1. The molecule has 1 aromatic rings. The molecular formula is C14H17NO4S. The van der Waals surface area contributed by atoms with Crippen LogP contribution in [-0.2, 0) is 26.0 Å². The van der Waals surface area contributed by atoms with Crippen LogP contribution >= 0.6 is 0 Å². The van der Waals surface area contributed by atoms with E-state index in [1.54, 1.807) is 19.1 Å². The molecule has 0 saturated heterocycles. The molecule has 108 valence electrons. The molecular weight excluding hydrogens is 278 g/mol. The van der Waals surface area contributed by atoms with E-state index in [-0.39, 0.29) is 23.8 Å². The summed E-state index contributed by atoms with van der Waals surface area (Å²) in [6.45, 7) is 1.97. The first-order valence-electron chi connectivity index (χ1n) is 6.04. The number of methoxy groups -OCH3 is 1. The van der Waals surface area contributed by atoms with E-state index in [4.69, 9.17) is 0 Å². The molecule has 1 aromatic carbocycles. The second-order valence-electron chi connectivity index (χ2n) is 3.97. The highest BCUT2D eigenvalue weighted by atomic mass is 32.2. The molecule has 0 saturated carbocycles. The van der Waals surface area contributed by atoms with Gasteiger partial charge in [0, 0.05) is 13.0 Å². The molecule has 0 heterocycles. The number of hydrogen-bond acceptors (Lipinski definition) is 4. The van der Waals surface area contributed by atoms with Crippen molar-refractivity contribution in [3.8, 4) is 11.8 Å². The van der Waals surface area contributed by atoms with Gasteiger partial charge in [0.2, 0.25) is 10.0 Å². The summed E-state index contributed by atoms with van der Waals surface area (Å²) in [5.74, 6) is 5.11. The van der Waals surface area contributed by atoms with Crippen molar-refractivity contribution in [1.29, 1.82) is 0 Å². The lowest BCUT2D eigenvalue weighted by molar-refractivity contribution is -0.139. The van der Waals surface area contributed by atoms with Crippen LogP contribution in [0.2, 0.25) is 0 Å². The fourth-order valence-corrected chi connectivity index (χ4v) is 2.51. The summed E-state index contributed by atoms with van der Waals surface area (Å²) < 4.78 is 30.9. The summed E-state index contributed by atoms with van der Waals surface area (Å²) in [7, 11) is -2.22. The Bertz CT molecular complexity index is 609. The van der Waals surface area contributed by atoms with Crippen LogP contribution in [0, 0.1) is 11.8 Å². The van der Waals surface area contributed by atoms with Gasteiger partial charge in [0.15, 0.2) is 0 Å². The number of rotatable bonds is 6. The van der Waals surface area contributed by atoms with Gasteiger partial charge < -0.3 is 4.74 Å². The first kappa shape index (κ1) is 16.2. The quantitative estimate of drug-likeness (QED) is 0.484. The highest BCUT2D eigenvalue weighted by Gasteiger charge is 2.13. The van der Waals surface area contributed by atoms with Crippen LogP contribution in [-0.4, -0.2) is 28.0 Å². The number of sulfonamides is 1. The van der Waals surface area contributed by atoms with Gasteiger partial charge in [0.25, 0.3) is 0 Å². The second kappa shape index (κ2) is 7.68. The summed E-state index contributed by atoms with van der Waals surface area (Å²) >= 11 is 0. The average Bonchev–Trinajstić information content (AvgIpc) is 2.44. The smallest absolute Gasteiger partial charge is 0.309 e. The molecule has 1 rings (SSSR count). The van der Waals surface area contributed by atoms with Gasteiger partial charge in [-0.1, -0.05) is 12.1 Å². The zero-order chi connectivity index (χ0) is 15.0. The standard InChI is InChI=1S/C14H17NO4S/c1-3-4-5-10-15-20(17,18)13-8-6-12(7-9-13)11-14(16)19-2/h6-9,15H,5,10-11H2,1-2H3. The first-order valence-corrected chi connectivity index (χ1v) is 7.53. The molecule has 1 N–H and O–H groups in total. The number of hydrogen-bond donors (Lipinski definition) is 1. The van der Waals surface area contributed by atoms with Crippen LogP contribution in [0.1, 0.15) is 18.9 Å². The van der Waals surface area contributed by atoms with Crippen LogP contribution in [0.3, 0.4) is 0 Å². The molecule has 0 atom stereocenters. The van der Waals surface area contributed by atoms with E-state index in [2.05, 4.69) is 21.3 Å². The maximum Gasteiger partial charge on any atom is 0.309 e. The lowest BCUT2D eigenvalue weighted by Gasteiger charge is -2.06. The lowest BCUT2D eigenvalue weighted by atomic mass is 10.2. The van der Waals surface area contributed by atoms with Gasteiger partial charge in [-0.3, -0.25) is 4.79 Å². The molecule has 0 aromatic heterocycles. The van der Waals surface area contributed by atoms with Crippen molar-refractivity contribution in [3.05, 3.63) is 29.8 Å². The van der Waals surface area contributed by atoms with Gasteiger partial charge in [-0.05, 0) is 24.6 Å². The SMILES string of the molecule is CC#CCCNS(=O)(=O)c1ccc(CC(=O)OC)cc1. The molecule has 0 bridgehead atoms. The van der Waals surface area contributed by atoms with Crippen molar-refractivity contribution in [2.24, 2.45) is 0 Å². The Balaban J connectivity index is 2.70. The Kier molecular flexibility index (Phi) is 6.22. The van der Waals surface area contributed by atoms with Gasteiger partial charge >= 0.3 is 5.97 Å². The van der Waals surface area contributed by atoms with Crippen molar-refractivity contribution in [3.63, 3.8) is 0 Å². The highest BCUT2D eigenvalue weighted by Crippen LogP contribution is 2.11. The fourth-order valence-electron chi connectivity index (χ4n) is 1.48. The molecule has 0 amide bonds. The molecule has 0 aliphatic rings. The molecule has 0 spiro atoms. The number of nitrogens with one attached hydrogen (secondary N) is 1. The monoisotopic (exact) mass is 295 g/mol. The van der Waals surface area contributed by atoms with Gasteiger partial charge in [-0.15, -0.1) is 11.8 Å². The highest BCUT2D eigenvalue weighted by molar-refractivity contribution is 7.89. The second-order valence-corrected chi connectivity index (χ2v) is 5.74. The van der Waals surface area contributed by atoms with E-state index in [9.17, 15) is 13.2 Å². The third-order valence-corrected chi connectivity index (χ3v) is 4.01. The Morgan fingerprint density at radius 3 is 2.50 bits per heavy atom. The number of ether oxygens (including phenoxy) is 1. The molecule has 0 unspecified atom stereocenters. The zero-order valence-electron chi connectivity index (χ0n) is 11.5. The van der Waals surface area contributed by atoms with Gasteiger partial charge in [-0.25, -0.2) is 13.1 Å². The van der Waals surface area contributed by atoms with Gasteiger partial charge in [0.1, 0.15) is 0 Å². The van der Waals surface area contributed by atoms with Crippen LogP contribution in [0.25, 0.3) is 0 Å². The predicted molar refractivity (Wildman–Crippen MR) is 75.4 cm³/mol. The van der Waals surface area contributed by atoms with Crippen LogP contribution in [0.4, 0.5) is 0 Å². The largest absolute Gasteiger partial charge is 0.469 e. The number of esters is 1. The third-order valence-electron chi connectivity index (χ3n) is 2.53. The Morgan fingerprint density at radius 2 is 1.95 bits per heavy atom. The van der Waals surface area contributed by atoms with E-state index >= 15 is 0 Å². The van der Waals surface area contributed by atoms with E-state index in [1.807, 2.05) is 0 Å². The molecule has 0 fully saturated rings. The minimum Gasteiger partial charge on any atom is -0.469 e. The minimum atomic E-state index is -3.53. The van der Waals surface area contributed by atoms with Crippen molar-refractivity contribution >= 4 is 16.0 Å². The topological polar surface area (TPSA) is 72.5 Å². The number of carbonyl (C=O) groups excluding carboxylic acids is 1. The molecule has 0 radical (unpaired) electrons. The van der Waals surface area contributed by atoms with E-state index in [1.165, 1.54) is 19.2 Å². The van der Waals surface area contributed by atoms with Gasteiger partial charge in [0.05, 0.1) is 18.4 Å². The van der Waals surface area contributed by atoms with Crippen molar-refractivity contribution < 1.29 is 17.9 Å². The van der Waals surface area contributed by atoms with E-state index in [0.29, 0.717) is 12.0 Å². The maximum absolute atomic E-state index is 11.9. The molecule has 20 heavy (non-hydrogen) atoms. The first-order chi connectivity index (χ1) is 9.49. The lowest BCUT2D eigenvalue weighted by Crippen LogP contribution is -2.24. The van der Waals surface area contributed by atoms with Crippen molar-refractivity contribution in [2.75, 3.05) is 13.7 Å². The van der Waals surface area contributed by atoms with E-state index < -0.39 is 10.0 Å². The van der Waals surface area contributed by atoms with Crippen LogP contribution < -0.4 is 4.72 Å². The number of carbonyl (C=O) groups is 1. The molecule has 0 aliphatic heterocycles. The van der Waals surface area contributed by atoms with E-state index in [0.717, 1.165) is 0 Å². The summed E-state index contributed by atoms with van der Waals surface area (Å²) in [6.07, 6.45) is 0.590. The normalized spacial score (nSPS) is 10.5. The summed E-state index contributed by atoms with van der Waals surface area (Å²) in [4.78, 5) is 11.3. The predicted octanol–water partition coefficient (Wildman–Crippen LogP) is 1.09. The Morgan fingerprint density at radius 1 is 1.30 bits per heavy atom. The fraction of sp³-hybridized carbons (Fsp3) is 0.357. The Hall–Kier alpha value is -1.84. The summed E-state index contributed by atoms with van der Waals surface area (Å²) in [5.41, 5.74) is 0.702. The molecule has 5 nitrogen and oxygen atoms in total. The summed E-state index contributed by atoms with van der Waals surface area (Å²) in [6, 6.07) is 6.12. The molecule has 0 aliphatic carbocycles. The van der Waals surface area contributed by atoms with Crippen molar-refractivity contribution in [1.82, 2.24) is 4.72 Å². The average molecular weight is 295 g/mol.